The average molecular weight is 346 g/mol. The molecule has 1 aliphatic carbocycles. The molecule has 0 bridgehead atoms. The molecule has 0 unspecified atom stereocenters. The van der Waals surface area contributed by atoms with E-state index >= 15 is 0 Å². The van der Waals surface area contributed by atoms with E-state index in [0.29, 0.717) is 5.92 Å². The highest BCUT2D eigenvalue weighted by atomic mass is 16.2. The standard InChI is InChI=1S/C21H22N4O/c26-21(24-11-3-5-16(14-24)25-12-4-10-22-25)18-13-20(15-8-9-15)23-19-7-2-1-6-17(18)19/h1-2,4,6-7,10,12-13,15-16H,3,5,8-9,11,14H2/t16-/m0/s1. The number of para-hydroxylation sites is 1. The number of nitrogens with zero attached hydrogens (tertiary/aromatic N) is 4. The van der Waals surface area contributed by atoms with E-state index in [9.17, 15) is 4.79 Å². The van der Waals surface area contributed by atoms with Crippen LogP contribution in [0.3, 0.4) is 0 Å². The number of hydrogen-bond donors (Lipinski definition) is 0. The quantitative estimate of drug-likeness (QED) is 0.725. The van der Waals surface area contributed by atoms with Gasteiger partial charge in [-0.15, -0.1) is 0 Å². The molecule has 2 aliphatic rings. The monoisotopic (exact) mass is 346 g/mol. The Balaban J connectivity index is 1.49. The number of benzene rings is 1. The van der Waals surface area contributed by atoms with Gasteiger partial charge < -0.3 is 4.90 Å². The smallest absolute Gasteiger partial charge is 0.254 e. The van der Waals surface area contributed by atoms with Crippen molar-refractivity contribution in [2.45, 2.75) is 37.6 Å². The molecule has 5 heteroatoms. The molecular weight excluding hydrogens is 324 g/mol. The van der Waals surface area contributed by atoms with Gasteiger partial charge in [0.1, 0.15) is 0 Å². The van der Waals surface area contributed by atoms with Crippen LogP contribution in [0, 0.1) is 0 Å². The number of rotatable bonds is 3. The minimum atomic E-state index is 0.127. The Kier molecular flexibility index (Phi) is 3.73. The van der Waals surface area contributed by atoms with Crippen LogP contribution in [0.1, 0.15) is 53.7 Å². The highest BCUT2D eigenvalue weighted by molar-refractivity contribution is 6.06. The molecule has 1 saturated heterocycles. The number of fused-ring (bicyclic) bond motifs is 1. The third kappa shape index (κ3) is 2.77. The lowest BCUT2D eigenvalue weighted by Crippen LogP contribution is -2.41. The Morgan fingerprint density at radius 3 is 2.81 bits per heavy atom. The zero-order valence-corrected chi connectivity index (χ0v) is 14.7. The number of carbonyl (C=O) groups excluding carboxylic acids is 1. The van der Waals surface area contributed by atoms with Crippen LogP contribution in [0.15, 0.2) is 48.8 Å². The highest BCUT2D eigenvalue weighted by Gasteiger charge is 2.30. The molecule has 1 saturated carbocycles. The van der Waals surface area contributed by atoms with Crippen LogP contribution < -0.4 is 0 Å². The topological polar surface area (TPSA) is 51.0 Å². The van der Waals surface area contributed by atoms with Gasteiger partial charge in [0.25, 0.3) is 5.91 Å². The lowest BCUT2D eigenvalue weighted by molar-refractivity contribution is 0.0675. The maximum absolute atomic E-state index is 13.4. The Bertz CT molecular complexity index is 946. The van der Waals surface area contributed by atoms with Crippen molar-refractivity contribution in [3.63, 3.8) is 0 Å². The lowest BCUT2D eigenvalue weighted by Gasteiger charge is -2.33. The molecule has 0 N–H and O–H groups in total. The molecule has 1 aliphatic heterocycles. The van der Waals surface area contributed by atoms with E-state index in [0.717, 1.165) is 48.1 Å². The number of piperidine rings is 1. The molecule has 1 atom stereocenters. The maximum Gasteiger partial charge on any atom is 0.254 e. The van der Waals surface area contributed by atoms with Crippen LogP contribution in [-0.2, 0) is 0 Å². The predicted molar refractivity (Wildman–Crippen MR) is 100 cm³/mol. The van der Waals surface area contributed by atoms with Crippen LogP contribution >= 0.6 is 0 Å². The second-order valence-electron chi connectivity index (χ2n) is 7.42. The molecule has 0 spiro atoms. The highest BCUT2D eigenvalue weighted by Crippen LogP contribution is 2.40. The number of carbonyl (C=O) groups is 1. The molecule has 5 nitrogen and oxygen atoms in total. The molecule has 26 heavy (non-hydrogen) atoms. The fourth-order valence-electron chi connectivity index (χ4n) is 3.98. The van der Waals surface area contributed by atoms with E-state index in [4.69, 9.17) is 4.98 Å². The first-order chi connectivity index (χ1) is 12.8. The van der Waals surface area contributed by atoms with Crippen LogP contribution in [0.2, 0.25) is 0 Å². The molecule has 2 aromatic heterocycles. The molecule has 3 heterocycles. The van der Waals surface area contributed by atoms with Crippen LogP contribution in [-0.4, -0.2) is 38.7 Å². The van der Waals surface area contributed by atoms with Gasteiger partial charge in [0, 0.05) is 42.5 Å². The Morgan fingerprint density at radius 1 is 1.12 bits per heavy atom. The van der Waals surface area contributed by atoms with E-state index in [1.165, 1.54) is 12.8 Å². The van der Waals surface area contributed by atoms with E-state index in [1.807, 2.05) is 52.2 Å². The van der Waals surface area contributed by atoms with E-state index in [2.05, 4.69) is 5.10 Å². The third-order valence-corrected chi connectivity index (χ3v) is 5.54. The summed E-state index contributed by atoms with van der Waals surface area (Å²) >= 11 is 0. The molecule has 1 aromatic carbocycles. The summed E-state index contributed by atoms with van der Waals surface area (Å²) in [6.45, 7) is 1.53. The molecule has 3 aromatic rings. The number of likely N-dealkylation sites (tertiary alicyclic amines) is 1. The van der Waals surface area contributed by atoms with E-state index in [-0.39, 0.29) is 11.9 Å². The SMILES string of the molecule is O=C(c1cc(C2CC2)nc2ccccc12)N1CCC[C@H](n2cccn2)C1. The van der Waals surface area contributed by atoms with Crippen molar-refractivity contribution in [2.24, 2.45) is 0 Å². The fourth-order valence-corrected chi connectivity index (χ4v) is 3.98. The van der Waals surface area contributed by atoms with Crippen molar-refractivity contribution in [3.8, 4) is 0 Å². The molecule has 0 radical (unpaired) electrons. The summed E-state index contributed by atoms with van der Waals surface area (Å²) in [4.78, 5) is 20.2. The van der Waals surface area contributed by atoms with Gasteiger partial charge in [-0.1, -0.05) is 18.2 Å². The first-order valence-electron chi connectivity index (χ1n) is 9.48. The molecule has 5 rings (SSSR count). The van der Waals surface area contributed by atoms with Crippen LogP contribution in [0.4, 0.5) is 0 Å². The van der Waals surface area contributed by atoms with Gasteiger partial charge in [-0.05, 0) is 43.9 Å². The van der Waals surface area contributed by atoms with Gasteiger partial charge in [-0.3, -0.25) is 14.5 Å². The minimum Gasteiger partial charge on any atom is -0.336 e. The fraction of sp³-hybridized carbons (Fsp3) is 0.381. The summed E-state index contributed by atoms with van der Waals surface area (Å²) in [5, 5.41) is 5.33. The van der Waals surface area contributed by atoms with Gasteiger partial charge >= 0.3 is 0 Å². The van der Waals surface area contributed by atoms with Crippen molar-refractivity contribution in [1.82, 2.24) is 19.7 Å². The lowest BCUT2D eigenvalue weighted by atomic mass is 10.0. The molecular formula is C21H22N4O. The number of aromatic nitrogens is 3. The first kappa shape index (κ1) is 15.6. The zero-order valence-electron chi connectivity index (χ0n) is 14.7. The minimum absolute atomic E-state index is 0.127. The Morgan fingerprint density at radius 2 is 2.00 bits per heavy atom. The number of amides is 1. The largest absolute Gasteiger partial charge is 0.336 e. The molecule has 1 amide bonds. The summed E-state index contributed by atoms with van der Waals surface area (Å²) in [6.07, 6.45) is 8.24. The Hall–Kier alpha value is -2.69. The molecule has 2 fully saturated rings. The van der Waals surface area contributed by atoms with Crippen molar-refractivity contribution in [1.29, 1.82) is 0 Å². The van der Waals surface area contributed by atoms with E-state index in [1.54, 1.807) is 6.20 Å². The third-order valence-electron chi connectivity index (χ3n) is 5.54. The number of hydrogen-bond acceptors (Lipinski definition) is 3. The van der Waals surface area contributed by atoms with Gasteiger partial charge in [-0.2, -0.15) is 5.10 Å². The van der Waals surface area contributed by atoms with Crippen molar-refractivity contribution < 1.29 is 4.79 Å². The summed E-state index contributed by atoms with van der Waals surface area (Å²) in [5.41, 5.74) is 2.81. The van der Waals surface area contributed by atoms with Gasteiger partial charge in [0.2, 0.25) is 0 Å². The van der Waals surface area contributed by atoms with Gasteiger partial charge in [0.05, 0.1) is 17.1 Å². The summed E-state index contributed by atoms with van der Waals surface area (Å²) in [6, 6.07) is 12.3. The maximum atomic E-state index is 13.4. The zero-order chi connectivity index (χ0) is 17.5. The van der Waals surface area contributed by atoms with Crippen molar-refractivity contribution >= 4 is 16.8 Å². The Labute approximate surface area is 152 Å². The summed E-state index contributed by atoms with van der Waals surface area (Å²) in [5.74, 6) is 0.659. The van der Waals surface area contributed by atoms with Crippen molar-refractivity contribution in [3.05, 3.63) is 60.0 Å². The number of pyridine rings is 1. The average Bonchev–Trinajstić information content (AvgIpc) is 3.40. The predicted octanol–water partition coefficient (Wildman–Crippen LogP) is 3.79. The van der Waals surface area contributed by atoms with Gasteiger partial charge in [-0.25, -0.2) is 0 Å². The second kappa shape index (κ2) is 6.24. The molecule has 132 valence electrons. The second-order valence-corrected chi connectivity index (χ2v) is 7.42. The first-order valence-corrected chi connectivity index (χ1v) is 9.48. The summed E-state index contributed by atoms with van der Waals surface area (Å²) in [7, 11) is 0. The van der Waals surface area contributed by atoms with E-state index < -0.39 is 0 Å². The summed E-state index contributed by atoms with van der Waals surface area (Å²) < 4.78 is 1.99. The van der Waals surface area contributed by atoms with Crippen LogP contribution in [0.5, 0.6) is 0 Å². The van der Waals surface area contributed by atoms with Crippen LogP contribution in [0.25, 0.3) is 10.9 Å². The van der Waals surface area contributed by atoms with Gasteiger partial charge in [0.15, 0.2) is 0 Å². The normalized spacial score (nSPS) is 20.5. The van der Waals surface area contributed by atoms with Crippen molar-refractivity contribution in [2.75, 3.05) is 13.1 Å².